The third kappa shape index (κ3) is 5.62. The average Bonchev–Trinajstić information content (AvgIpc) is 3.65. The molecule has 2 heteroatoms. The van der Waals surface area contributed by atoms with Gasteiger partial charge in [0, 0.05) is 37.2 Å². The fraction of sp³-hybridized carbons (Fsp3) is 0. The van der Waals surface area contributed by atoms with Crippen LogP contribution < -0.4 is 4.90 Å². The Bertz CT molecular complexity index is 3260. The Kier molecular flexibility index (Phi) is 7.75. The Labute approximate surface area is 330 Å². The van der Waals surface area contributed by atoms with Crippen LogP contribution in [0, 0.1) is 0 Å². The van der Waals surface area contributed by atoms with E-state index in [0.717, 1.165) is 17.1 Å². The second kappa shape index (κ2) is 13.4. The molecule has 0 radical (unpaired) electrons. The number of benzene rings is 10. The number of hydrogen-bond donors (Lipinski definition) is 0. The number of fused-ring (bicyclic) bond motifs is 7. The molecule has 0 saturated carbocycles. The first-order valence-electron chi connectivity index (χ1n) is 19.2. The van der Waals surface area contributed by atoms with Gasteiger partial charge in [-0.15, -0.1) is 11.3 Å². The van der Waals surface area contributed by atoms with Crippen LogP contribution in [0.3, 0.4) is 0 Å². The Morgan fingerprint density at radius 2 is 0.839 bits per heavy atom. The Morgan fingerprint density at radius 1 is 0.268 bits per heavy atom. The van der Waals surface area contributed by atoms with E-state index in [1.54, 1.807) is 0 Å². The summed E-state index contributed by atoms with van der Waals surface area (Å²) in [5, 5.41) is 10.2. The van der Waals surface area contributed by atoms with Crippen molar-refractivity contribution in [2.24, 2.45) is 0 Å². The van der Waals surface area contributed by atoms with Crippen LogP contribution in [0.15, 0.2) is 212 Å². The molecule has 1 nitrogen and oxygen atoms in total. The zero-order valence-electron chi connectivity index (χ0n) is 30.6. The van der Waals surface area contributed by atoms with Gasteiger partial charge in [0.1, 0.15) is 0 Å². The molecule has 11 aromatic rings. The summed E-state index contributed by atoms with van der Waals surface area (Å²) in [4.78, 5) is 2.39. The summed E-state index contributed by atoms with van der Waals surface area (Å²) in [5.74, 6) is 0. The first-order valence-corrected chi connectivity index (χ1v) is 20.0. The van der Waals surface area contributed by atoms with Gasteiger partial charge in [-0.1, -0.05) is 152 Å². The number of rotatable bonds is 6. The number of nitrogens with zero attached hydrogens (tertiary/aromatic N) is 1. The van der Waals surface area contributed by atoms with Crippen molar-refractivity contribution in [3.8, 4) is 33.4 Å². The molecular weight excluding hydrogens is 695 g/mol. The first kappa shape index (κ1) is 32.4. The number of hydrogen-bond acceptors (Lipinski definition) is 2. The van der Waals surface area contributed by atoms with E-state index in [1.807, 2.05) is 11.3 Å². The van der Waals surface area contributed by atoms with Crippen molar-refractivity contribution in [2.45, 2.75) is 0 Å². The molecule has 0 saturated heterocycles. The van der Waals surface area contributed by atoms with Gasteiger partial charge in [-0.3, -0.25) is 0 Å². The molecule has 56 heavy (non-hydrogen) atoms. The van der Waals surface area contributed by atoms with Crippen LogP contribution in [-0.2, 0) is 0 Å². The standard InChI is InChI=1S/C54H35NS/c1-3-17-47-37(10-1)12-9-20-49(47)42-15-7-13-39(32-42)40-14-8-16-45(33-40)55(46-29-30-50-43(34-46)23-22-38-11-2-4-18-48(38)50)44-27-24-36(25-28-44)41-26-31-54-52(35-41)51-19-5-6-21-53(51)56-54/h1-35H. The van der Waals surface area contributed by atoms with Crippen molar-refractivity contribution in [2.75, 3.05) is 4.90 Å². The molecule has 0 fully saturated rings. The highest BCUT2D eigenvalue weighted by molar-refractivity contribution is 7.25. The second-order valence-corrected chi connectivity index (χ2v) is 15.6. The molecule has 0 amide bonds. The molecule has 1 aromatic heterocycles. The highest BCUT2D eigenvalue weighted by atomic mass is 32.1. The van der Waals surface area contributed by atoms with Crippen LogP contribution >= 0.6 is 11.3 Å². The largest absolute Gasteiger partial charge is 0.310 e. The van der Waals surface area contributed by atoms with E-state index in [1.165, 1.54) is 85.9 Å². The van der Waals surface area contributed by atoms with Crippen molar-refractivity contribution < 1.29 is 0 Å². The van der Waals surface area contributed by atoms with Crippen LogP contribution in [0.4, 0.5) is 17.1 Å². The van der Waals surface area contributed by atoms with Gasteiger partial charge in [-0.25, -0.2) is 0 Å². The van der Waals surface area contributed by atoms with Crippen LogP contribution in [0.25, 0.3) is 85.9 Å². The van der Waals surface area contributed by atoms with Crippen LogP contribution in [0.5, 0.6) is 0 Å². The van der Waals surface area contributed by atoms with Gasteiger partial charge < -0.3 is 4.90 Å². The normalized spacial score (nSPS) is 11.6. The Hall–Kier alpha value is -7.00. The molecule has 0 bridgehead atoms. The van der Waals surface area contributed by atoms with E-state index >= 15 is 0 Å². The molecule has 10 aromatic carbocycles. The Balaban J connectivity index is 1.02. The lowest BCUT2D eigenvalue weighted by Gasteiger charge is -2.27. The SMILES string of the molecule is c1cc(-c2cccc(N(c3ccc(-c4ccc5sc6ccccc6c5c4)cc3)c3ccc4c(ccc5ccccc54)c3)c2)cc(-c2cccc3ccccc23)c1. The zero-order valence-corrected chi connectivity index (χ0v) is 31.4. The maximum absolute atomic E-state index is 2.39. The molecule has 0 N–H and O–H groups in total. The summed E-state index contributed by atoms with van der Waals surface area (Å²) >= 11 is 1.86. The van der Waals surface area contributed by atoms with Crippen molar-refractivity contribution in [1.29, 1.82) is 0 Å². The molecule has 0 aliphatic heterocycles. The smallest absolute Gasteiger partial charge is 0.0468 e. The average molecular weight is 730 g/mol. The molecule has 0 aliphatic rings. The maximum Gasteiger partial charge on any atom is 0.0468 e. The molecule has 262 valence electrons. The summed E-state index contributed by atoms with van der Waals surface area (Å²) in [6.45, 7) is 0. The van der Waals surface area contributed by atoms with E-state index in [9.17, 15) is 0 Å². The molecular formula is C54H35NS. The highest BCUT2D eigenvalue weighted by Gasteiger charge is 2.16. The summed E-state index contributed by atoms with van der Waals surface area (Å²) < 4.78 is 2.65. The van der Waals surface area contributed by atoms with Crippen molar-refractivity contribution in [3.05, 3.63) is 212 Å². The maximum atomic E-state index is 2.39. The summed E-state index contributed by atoms with van der Waals surface area (Å²) in [6.07, 6.45) is 0. The van der Waals surface area contributed by atoms with Gasteiger partial charge in [-0.2, -0.15) is 0 Å². The lowest BCUT2D eigenvalue weighted by Crippen LogP contribution is -2.10. The molecule has 0 unspecified atom stereocenters. The third-order valence-electron chi connectivity index (χ3n) is 11.2. The number of thiophene rings is 1. The summed E-state index contributed by atoms with van der Waals surface area (Å²) in [6, 6.07) is 77.8. The zero-order chi connectivity index (χ0) is 37.0. The predicted molar refractivity (Wildman–Crippen MR) is 243 cm³/mol. The minimum Gasteiger partial charge on any atom is -0.310 e. The van der Waals surface area contributed by atoms with E-state index in [0.29, 0.717) is 0 Å². The Morgan fingerprint density at radius 3 is 1.71 bits per heavy atom. The van der Waals surface area contributed by atoms with Crippen LogP contribution in [0.2, 0.25) is 0 Å². The van der Waals surface area contributed by atoms with E-state index < -0.39 is 0 Å². The minimum atomic E-state index is 1.11. The lowest BCUT2D eigenvalue weighted by atomic mass is 9.95. The monoisotopic (exact) mass is 729 g/mol. The molecule has 1 heterocycles. The topological polar surface area (TPSA) is 3.24 Å². The fourth-order valence-electron chi connectivity index (χ4n) is 8.46. The van der Waals surface area contributed by atoms with Gasteiger partial charge in [0.05, 0.1) is 0 Å². The fourth-order valence-corrected chi connectivity index (χ4v) is 9.55. The second-order valence-electron chi connectivity index (χ2n) is 14.5. The number of anilines is 3. The first-order chi connectivity index (χ1) is 27.7. The van der Waals surface area contributed by atoms with Gasteiger partial charge in [0.25, 0.3) is 0 Å². The lowest BCUT2D eigenvalue weighted by molar-refractivity contribution is 1.29. The van der Waals surface area contributed by atoms with Gasteiger partial charge >= 0.3 is 0 Å². The van der Waals surface area contributed by atoms with E-state index in [4.69, 9.17) is 0 Å². The van der Waals surface area contributed by atoms with Gasteiger partial charge in [0.15, 0.2) is 0 Å². The predicted octanol–water partition coefficient (Wildman–Crippen LogP) is 16.0. The molecule has 0 atom stereocenters. The summed E-state index contributed by atoms with van der Waals surface area (Å²) in [7, 11) is 0. The highest BCUT2D eigenvalue weighted by Crippen LogP contribution is 2.41. The van der Waals surface area contributed by atoms with E-state index in [2.05, 4.69) is 217 Å². The van der Waals surface area contributed by atoms with Gasteiger partial charge in [0.2, 0.25) is 0 Å². The van der Waals surface area contributed by atoms with Gasteiger partial charge in [-0.05, 0) is 126 Å². The summed E-state index contributed by atoms with van der Waals surface area (Å²) in [5.41, 5.74) is 10.6. The van der Waals surface area contributed by atoms with Crippen molar-refractivity contribution in [3.63, 3.8) is 0 Å². The van der Waals surface area contributed by atoms with Crippen LogP contribution in [0.1, 0.15) is 0 Å². The van der Waals surface area contributed by atoms with Crippen molar-refractivity contribution >= 4 is 80.9 Å². The van der Waals surface area contributed by atoms with E-state index in [-0.39, 0.29) is 0 Å². The van der Waals surface area contributed by atoms with Crippen LogP contribution in [-0.4, -0.2) is 0 Å². The third-order valence-corrected chi connectivity index (χ3v) is 12.4. The molecule has 0 spiro atoms. The molecule has 0 aliphatic carbocycles. The quantitative estimate of drug-likeness (QED) is 0.154. The molecule has 11 rings (SSSR count). The van der Waals surface area contributed by atoms with Crippen molar-refractivity contribution in [1.82, 2.24) is 0 Å². The minimum absolute atomic E-state index is 1.11.